The number of aliphatic hydroxyl groups excluding tert-OH is 1. The smallest absolute Gasteiger partial charge is 0.382 e. The van der Waals surface area contributed by atoms with Crippen LogP contribution in [0.15, 0.2) is 47.4 Å². The van der Waals surface area contributed by atoms with Gasteiger partial charge in [-0.25, -0.2) is 0 Å². The molecule has 23 heavy (non-hydrogen) atoms. The van der Waals surface area contributed by atoms with Gasteiger partial charge < -0.3 is 10.2 Å². The Morgan fingerprint density at radius 3 is 2.61 bits per heavy atom. The summed E-state index contributed by atoms with van der Waals surface area (Å²) in [6.45, 7) is 1.85. The number of aliphatic hydroxyl groups is 1. The van der Waals surface area contributed by atoms with Crippen molar-refractivity contribution in [2.45, 2.75) is 30.5 Å². The summed E-state index contributed by atoms with van der Waals surface area (Å²) in [4.78, 5) is 12.2. The molecule has 6 heteroatoms. The third-order valence-corrected chi connectivity index (χ3v) is 6.82. The fourth-order valence-electron chi connectivity index (χ4n) is 2.44. The van der Waals surface area contributed by atoms with Gasteiger partial charge in [0, 0.05) is 4.90 Å². The average molecular weight is 351 g/mol. The molecule has 2 aromatic rings. The van der Waals surface area contributed by atoms with Gasteiger partial charge in [-0.2, -0.15) is 0 Å². The number of benzene rings is 2. The molecule has 0 saturated heterocycles. The highest BCUT2D eigenvalue weighted by molar-refractivity contribution is 8.04. The fraction of sp³-hybridized carbons (Fsp3) is 0.353. The van der Waals surface area contributed by atoms with E-state index in [9.17, 15) is 14.5 Å². The van der Waals surface area contributed by atoms with Gasteiger partial charge in [0.2, 0.25) is 0 Å². The molecule has 0 bridgehead atoms. The zero-order valence-corrected chi connectivity index (χ0v) is 14.6. The Morgan fingerprint density at radius 1 is 1.22 bits per heavy atom. The lowest BCUT2D eigenvalue weighted by Gasteiger charge is -2.10. The minimum Gasteiger partial charge on any atom is -0.481 e. The Bertz CT molecular complexity index is 699. The van der Waals surface area contributed by atoms with Crippen molar-refractivity contribution in [2.24, 2.45) is 5.92 Å². The number of carboxylic acid groups (broad SMARTS) is 1. The van der Waals surface area contributed by atoms with Gasteiger partial charge in [0.15, 0.2) is 5.49 Å². The molecule has 122 valence electrons. The summed E-state index contributed by atoms with van der Waals surface area (Å²) in [5.41, 5.74) is 0.206. The van der Waals surface area contributed by atoms with Crippen LogP contribution >= 0.6 is 19.6 Å². The van der Waals surface area contributed by atoms with Crippen molar-refractivity contribution in [3.8, 4) is 0 Å². The second-order valence-electron chi connectivity index (χ2n) is 5.31. The van der Waals surface area contributed by atoms with Crippen LogP contribution in [-0.4, -0.2) is 27.5 Å². The van der Waals surface area contributed by atoms with Gasteiger partial charge in [0.25, 0.3) is 5.85 Å². The highest BCUT2D eigenvalue weighted by atomic mass is 32.2. The summed E-state index contributed by atoms with van der Waals surface area (Å²) < 4.78 is 12.3. The van der Waals surface area contributed by atoms with Crippen LogP contribution in [0.5, 0.6) is 0 Å². The molecule has 0 saturated carbocycles. The molecule has 0 aliphatic heterocycles. The van der Waals surface area contributed by atoms with E-state index >= 15 is 0 Å². The first kappa shape index (κ1) is 17.9. The molecule has 0 fully saturated rings. The summed E-state index contributed by atoms with van der Waals surface area (Å²) in [5, 5.41) is 21.4. The second kappa shape index (κ2) is 8.44. The maximum absolute atomic E-state index is 12.3. The zero-order chi connectivity index (χ0) is 16.8. The van der Waals surface area contributed by atoms with Crippen LogP contribution < -0.4 is 0 Å². The van der Waals surface area contributed by atoms with Crippen molar-refractivity contribution in [1.82, 2.24) is 0 Å². The lowest BCUT2D eigenvalue weighted by molar-refractivity contribution is -0.144. The van der Waals surface area contributed by atoms with Crippen molar-refractivity contribution in [2.75, 3.05) is 5.49 Å². The van der Waals surface area contributed by atoms with Gasteiger partial charge in [0.1, 0.15) is 5.92 Å². The van der Waals surface area contributed by atoms with Crippen molar-refractivity contribution in [3.63, 3.8) is 0 Å². The second-order valence-corrected chi connectivity index (χ2v) is 8.44. The number of hydrogen-bond donors (Lipinski definition) is 2. The third-order valence-electron chi connectivity index (χ3n) is 3.67. The first-order valence-electron chi connectivity index (χ1n) is 7.49. The summed E-state index contributed by atoms with van der Waals surface area (Å²) in [6, 6.07) is 13.8. The Hall–Kier alpha value is -1.42. The maximum Gasteiger partial charge on any atom is 0.382 e. The third kappa shape index (κ3) is 4.54. The Morgan fingerprint density at radius 2 is 1.91 bits per heavy atom. The monoisotopic (exact) mass is 351 g/mol. The van der Waals surface area contributed by atoms with E-state index < -0.39 is 25.5 Å². The van der Waals surface area contributed by atoms with Crippen LogP contribution in [0.3, 0.4) is 0 Å². The molecule has 0 aliphatic carbocycles. The molecule has 4 nitrogen and oxygen atoms in total. The van der Waals surface area contributed by atoms with E-state index in [0.717, 1.165) is 15.7 Å². The Labute approximate surface area is 140 Å². The minimum atomic E-state index is -2.02. The average Bonchev–Trinajstić information content (AvgIpc) is 2.56. The molecule has 3 unspecified atom stereocenters. The minimum absolute atomic E-state index is 0.206. The molecule has 0 heterocycles. The Balaban J connectivity index is 2.07. The van der Waals surface area contributed by atoms with E-state index in [-0.39, 0.29) is 5.49 Å². The normalized spacial score (nSPS) is 14.4. The molecule has 0 aliphatic rings. The molecule has 2 aromatic carbocycles. The molecule has 0 aromatic heterocycles. The number of fused-ring (bicyclic) bond motifs is 1. The first-order chi connectivity index (χ1) is 11.0. The van der Waals surface area contributed by atoms with E-state index in [2.05, 4.69) is 0 Å². The predicted octanol–water partition coefficient (Wildman–Crippen LogP) is 4.54. The van der Waals surface area contributed by atoms with Gasteiger partial charge in [0.05, 0.1) is 0 Å². The topological polar surface area (TPSA) is 74.6 Å². The van der Waals surface area contributed by atoms with Gasteiger partial charge in [-0.1, -0.05) is 66.1 Å². The van der Waals surface area contributed by atoms with Gasteiger partial charge in [-0.3, -0.25) is 4.79 Å². The number of aliphatic carboxylic acids is 1. The van der Waals surface area contributed by atoms with Gasteiger partial charge >= 0.3 is 13.8 Å². The zero-order valence-electron chi connectivity index (χ0n) is 12.9. The number of rotatable bonds is 8. The van der Waals surface area contributed by atoms with E-state index in [1.165, 1.54) is 11.8 Å². The Kier molecular flexibility index (Phi) is 6.58. The quantitative estimate of drug-likeness (QED) is 0.540. The lowest BCUT2D eigenvalue weighted by atomic mass is 10.1. The van der Waals surface area contributed by atoms with Crippen LogP contribution in [0.4, 0.5) is 0 Å². The number of carboxylic acids is 1. The molecular formula is C17H20O4PS+. The molecule has 0 spiro atoms. The first-order valence-corrected chi connectivity index (χ1v) is 9.99. The molecule has 0 radical (unpaired) electrons. The van der Waals surface area contributed by atoms with Crippen LogP contribution in [0.25, 0.3) is 10.8 Å². The van der Waals surface area contributed by atoms with Crippen molar-refractivity contribution < 1.29 is 19.6 Å². The molecule has 0 amide bonds. The summed E-state index contributed by atoms with van der Waals surface area (Å²) in [7, 11) is -2.02. The fourth-order valence-corrected chi connectivity index (χ4v) is 5.31. The van der Waals surface area contributed by atoms with E-state index in [1.54, 1.807) is 0 Å². The maximum atomic E-state index is 12.3. The molecule has 2 N–H and O–H groups in total. The highest BCUT2D eigenvalue weighted by Gasteiger charge is 2.39. The van der Waals surface area contributed by atoms with Crippen LogP contribution in [0.1, 0.15) is 19.8 Å². The number of hydrogen-bond acceptors (Lipinski definition) is 4. The molecule has 3 atom stereocenters. The predicted molar refractivity (Wildman–Crippen MR) is 94.3 cm³/mol. The van der Waals surface area contributed by atoms with Gasteiger partial charge in [-0.05, 0) is 23.3 Å². The SMILES string of the molecule is CCCC(C(=O)O)C(O)[P+](=O)CSc1cccc2ccccc12. The van der Waals surface area contributed by atoms with E-state index in [1.807, 2.05) is 49.4 Å². The van der Waals surface area contributed by atoms with Crippen molar-refractivity contribution in [3.05, 3.63) is 42.5 Å². The van der Waals surface area contributed by atoms with Crippen LogP contribution in [-0.2, 0) is 9.36 Å². The van der Waals surface area contributed by atoms with Gasteiger partial charge in [-0.15, -0.1) is 0 Å². The van der Waals surface area contributed by atoms with Crippen LogP contribution in [0.2, 0.25) is 0 Å². The highest BCUT2D eigenvalue weighted by Crippen LogP contribution is 2.40. The lowest BCUT2D eigenvalue weighted by Crippen LogP contribution is -2.25. The van der Waals surface area contributed by atoms with E-state index in [4.69, 9.17) is 5.11 Å². The van der Waals surface area contributed by atoms with Crippen LogP contribution in [0, 0.1) is 5.92 Å². The number of thioether (sulfide) groups is 1. The van der Waals surface area contributed by atoms with Crippen molar-refractivity contribution >= 4 is 36.3 Å². The summed E-state index contributed by atoms with van der Waals surface area (Å²) in [5.74, 6) is -3.35. The van der Waals surface area contributed by atoms with Crippen molar-refractivity contribution in [1.29, 1.82) is 0 Å². The van der Waals surface area contributed by atoms with E-state index in [0.29, 0.717) is 12.8 Å². The summed E-state index contributed by atoms with van der Waals surface area (Å²) in [6.07, 6.45) is 0.962. The molecule has 2 rings (SSSR count). The standard InChI is InChI=1S/C17H19O4PS/c1-2-6-14(16(18)19)17(20)22(21)11-23-15-10-5-8-12-7-3-4-9-13(12)15/h3-5,7-10,14,17,20H,2,6,11H2,1H3/p+1. The summed E-state index contributed by atoms with van der Waals surface area (Å²) >= 11 is 1.40. The number of carbonyl (C=O) groups is 1. The molecular weight excluding hydrogens is 331 g/mol. The largest absolute Gasteiger partial charge is 0.481 e.